The van der Waals surface area contributed by atoms with Crippen LogP contribution in [0.2, 0.25) is 0 Å². The van der Waals surface area contributed by atoms with Crippen molar-refractivity contribution in [3.63, 3.8) is 0 Å². The van der Waals surface area contributed by atoms with Gasteiger partial charge in [-0.3, -0.25) is 4.79 Å². The molecular formula is C19H16FN9O2. The van der Waals surface area contributed by atoms with Crippen LogP contribution in [-0.4, -0.2) is 37.4 Å². The second-order valence-corrected chi connectivity index (χ2v) is 6.21. The number of benzene rings is 2. The molecule has 11 nitrogen and oxygen atoms in total. The van der Waals surface area contributed by atoms with Gasteiger partial charge in [-0.05, 0) is 28.5 Å². The molecular weight excluding hydrogens is 405 g/mol. The molecule has 0 spiro atoms. The standard InChI is InChI=1S/C19H16FN9O2/c20-14-9-5-4-6-12(14)10-23-25-19(30)16-15(11-22-13-7-2-1-3-8-13)29(28-24-16)18-17(21)26-31-27-18/h1-10,22H,11H2,(H2,21,26)(H,25,30)/b23-10-. The number of amides is 1. The number of para-hydroxylation sites is 1. The van der Waals surface area contributed by atoms with Crippen LogP contribution < -0.4 is 16.5 Å². The zero-order valence-corrected chi connectivity index (χ0v) is 15.9. The number of carbonyl (C=O) groups excluding carboxylic acids is 1. The largest absolute Gasteiger partial charge is 0.379 e. The molecule has 31 heavy (non-hydrogen) atoms. The predicted octanol–water partition coefficient (Wildman–Crippen LogP) is 1.75. The van der Waals surface area contributed by atoms with Crippen LogP contribution in [0.3, 0.4) is 0 Å². The maximum Gasteiger partial charge on any atom is 0.293 e. The molecule has 4 aromatic rings. The van der Waals surface area contributed by atoms with E-state index >= 15 is 0 Å². The van der Waals surface area contributed by atoms with Gasteiger partial charge in [0.2, 0.25) is 11.6 Å². The quantitative estimate of drug-likeness (QED) is 0.302. The summed E-state index contributed by atoms with van der Waals surface area (Å²) in [4.78, 5) is 12.7. The molecule has 0 saturated carbocycles. The average Bonchev–Trinajstić information content (AvgIpc) is 3.40. The Kier molecular flexibility index (Phi) is 5.60. The fourth-order valence-electron chi connectivity index (χ4n) is 2.68. The number of rotatable bonds is 7. The van der Waals surface area contributed by atoms with E-state index in [0.29, 0.717) is 5.69 Å². The molecule has 0 bridgehead atoms. The third kappa shape index (κ3) is 4.37. The Labute approximate surface area is 174 Å². The number of nitrogen functional groups attached to an aromatic ring is 1. The third-order valence-corrected chi connectivity index (χ3v) is 4.18. The molecule has 0 unspecified atom stereocenters. The summed E-state index contributed by atoms with van der Waals surface area (Å²) in [6.45, 7) is 0.156. The lowest BCUT2D eigenvalue weighted by Crippen LogP contribution is -2.21. The third-order valence-electron chi connectivity index (χ3n) is 4.18. The molecule has 0 radical (unpaired) electrons. The highest BCUT2D eigenvalue weighted by Crippen LogP contribution is 2.17. The van der Waals surface area contributed by atoms with Crippen molar-refractivity contribution in [1.82, 2.24) is 30.7 Å². The van der Waals surface area contributed by atoms with E-state index in [9.17, 15) is 9.18 Å². The van der Waals surface area contributed by atoms with Crippen LogP contribution in [0, 0.1) is 5.82 Å². The minimum Gasteiger partial charge on any atom is -0.379 e. The van der Waals surface area contributed by atoms with Gasteiger partial charge in [-0.25, -0.2) is 14.4 Å². The number of hydrogen-bond donors (Lipinski definition) is 3. The summed E-state index contributed by atoms with van der Waals surface area (Å²) >= 11 is 0. The minimum absolute atomic E-state index is 0.0182. The lowest BCUT2D eigenvalue weighted by molar-refractivity contribution is 0.0949. The van der Waals surface area contributed by atoms with Gasteiger partial charge in [-0.15, -0.1) is 5.10 Å². The summed E-state index contributed by atoms with van der Waals surface area (Å²) in [5, 5.41) is 22.0. The molecule has 0 aliphatic heterocycles. The summed E-state index contributed by atoms with van der Waals surface area (Å²) in [6, 6.07) is 15.4. The first-order valence-electron chi connectivity index (χ1n) is 9.03. The molecule has 156 valence electrons. The van der Waals surface area contributed by atoms with Gasteiger partial charge >= 0.3 is 0 Å². The lowest BCUT2D eigenvalue weighted by atomic mass is 10.2. The molecule has 0 saturated heterocycles. The Morgan fingerprint density at radius 3 is 2.68 bits per heavy atom. The second kappa shape index (κ2) is 8.82. The van der Waals surface area contributed by atoms with E-state index < -0.39 is 11.7 Å². The maximum absolute atomic E-state index is 13.7. The van der Waals surface area contributed by atoms with Gasteiger partial charge in [0.05, 0.1) is 18.5 Å². The van der Waals surface area contributed by atoms with Crippen molar-refractivity contribution in [2.45, 2.75) is 6.54 Å². The Balaban J connectivity index is 1.58. The molecule has 2 aromatic heterocycles. The Morgan fingerprint density at radius 2 is 1.94 bits per heavy atom. The van der Waals surface area contributed by atoms with E-state index in [0.717, 1.165) is 5.69 Å². The van der Waals surface area contributed by atoms with Crippen LogP contribution in [0.15, 0.2) is 64.3 Å². The van der Waals surface area contributed by atoms with Crippen molar-refractivity contribution in [1.29, 1.82) is 0 Å². The first kappa shape index (κ1) is 19.7. The fourth-order valence-corrected chi connectivity index (χ4v) is 2.68. The van der Waals surface area contributed by atoms with Gasteiger partial charge in [0.1, 0.15) is 5.82 Å². The number of nitrogens with zero attached hydrogens (tertiary/aromatic N) is 6. The Morgan fingerprint density at radius 1 is 1.16 bits per heavy atom. The molecule has 4 rings (SSSR count). The number of halogens is 1. The molecule has 0 atom stereocenters. The molecule has 12 heteroatoms. The SMILES string of the molecule is Nc1nonc1-n1nnc(C(=O)N/N=C\c2ccccc2F)c1CNc1ccccc1. The minimum atomic E-state index is -0.654. The molecule has 0 aliphatic rings. The molecule has 0 aliphatic carbocycles. The normalized spacial score (nSPS) is 11.0. The number of anilines is 2. The maximum atomic E-state index is 13.7. The first-order chi connectivity index (χ1) is 15.1. The highest BCUT2D eigenvalue weighted by molar-refractivity contribution is 5.94. The van der Waals surface area contributed by atoms with Crippen LogP contribution in [0.4, 0.5) is 15.9 Å². The fraction of sp³-hybridized carbons (Fsp3) is 0.0526. The highest BCUT2D eigenvalue weighted by Gasteiger charge is 2.23. The van der Waals surface area contributed by atoms with Crippen LogP contribution in [0.1, 0.15) is 21.7 Å². The van der Waals surface area contributed by atoms with E-state index in [1.165, 1.54) is 23.0 Å². The number of nitrogens with two attached hydrogens (primary N) is 1. The molecule has 1 amide bonds. The number of carbonyl (C=O) groups is 1. The van der Waals surface area contributed by atoms with Crippen molar-refractivity contribution in [3.8, 4) is 5.82 Å². The molecule has 0 fully saturated rings. The monoisotopic (exact) mass is 421 g/mol. The predicted molar refractivity (Wildman–Crippen MR) is 109 cm³/mol. The smallest absolute Gasteiger partial charge is 0.293 e. The summed E-state index contributed by atoms with van der Waals surface area (Å²) in [7, 11) is 0. The van der Waals surface area contributed by atoms with Crippen molar-refractivity contribution < 1.29 is 13.8 Å². The van der Waals surface area contributed by atoms with Crippen molar-refractivity contribution in [2.24, 2.45) is 5.10 Å². The lowest BCUT2D eigenvalue weighted by Gasteiger charge is -2.08. The Bertz CT molecular complexity index is 1220. The first-order valence-corrected chi connectivity index (χ1v) is 9.03. The van der Waals surface area contributed by atoms with Gasteiger partial charge in [0.25, 0.3) is 5.91 Å². The van der Waals surface area contributed by atoms with Gasteiger partial charge in [0, 0.05) is 11.3 Å². The highest BCUT2D eigenvalue weighted by atomic mass is 19.1. The van der Waals surface area contributed by atoms with Crippen LogP contribution >= 0.6 is 0 Å². The van der Waals surface area contributed by atoms with Gasteiger partial charge in [-0.1, -0.05) is 41.6 Å². The number of hydrazone groups is 1. The van der Waals surface area contributed by atoms with Crippen LogP contribution in [0.25, 0.3) is 5.82 Å². The summed E-state index contributed by atoms with van der Waals surface area (Å²) in [5.74, 6) is -1.05. The zero-order valence-electron chi connectivity index (χ0n) is 15.9. The van der Waals surface area contributed by atoms with Gasteiger partial charge in [-0.2, -0.15) is 9.78 Å². The van der Waals surface area contributed by atoms with E-state index in [1.807, 2.05) is 30.3 Å². The summed E-state index contributed by atoms with van der Waals surface area (Å²) in [6.07, 6.45) is 1.19. The van der Waals surface area contributed by atoms with Crippen LogP contribution in [-0.2, 0) is 6.54 Å². The topological polar surface area (TPSA) is 149 Å². The van der Waals surface area contributed by atoms with E-state index in [-0.39, 0.29) is 29.4 Å². The number of nitrogens with one attached hydrogen (secondary N) is 2. The van der Waals surface area contributed by atoms with E-state index in [4.69, 9.17) is 5.73 Å². The van der Waals surface area contributed by atoms with E-state index in [1.54, 1.807) is 12.1 Å². The molecule has 2 aromatic carbocycles. The number of hydrogen-bond acceptors (Lipinski definition) is 9. The van der Waals surface area contributed by atoms with Crippen molar-refractivity contribution >= 4 is 23.6 Å². The summed E-state index contributed by atoms with van der Waals surface area (Å²) < 4.78 is 19.6. The summed E-state index contributed by atoms with van der Waals surface area (Å²) in [5.41, 5.74) is 9.41. The van der Waals surface area contributed by atoms with Crippen molar-refractivity contribution in [3.05, 3.63) is 77.4 Å². The van der Waals surface area contributed by atoms with Crippen molar-refractivity contribution in [2.75, 3.05) is 11.1 Å². The zero-order chi connectivity index (χ0) is 21.6. The van der Waals surface area contributed by atoms with Crippen LogP contribution in [0.5, 0.6) is 0 Å². The van der Waals surface area contributed by atoms with E-state index in [2.05, 4.69) is 41.1 Å². The average molecular weight is 421 g/mol. The molecule has 4 N–H and O–H groups in total. The van der Waals surface area contributed by atoms with Gasteiger partial charge < -0.3 is 11.1 Å². The second-order valence-electron chi connectivity index (χ2n) is 6.21. The van der Waals surface area contributed by atoms with Gasteiger partial charge in [0.15, 0.2) is 5.69 Å². The Hall–Kier alpha value is -4.61. The molecule has 2 heterocycles. The number of aromatic nitrogens is 5.